The Morgan fingerprint density at radius 1 is 0.929 bits per heavy atom. The lowest BCUT2D eigenvalue weighted by Crippen LogP contribution is -2.15. The highest BCUT2D eigenvalue weighted by molar-refractivity contribution is 7.92. The van der Waals surface area contributed by atoms with Crippen LogP contribution in [0.5, 0.6) is 0 Å². The van der Waals surface area contributed by atoms with Crippen molar-refractivity contribution in [3.05, 3.63) is 89.0 Å². The van der Waals surface area contributed by atoms with Crippen LogP contribution in [-0.4, -0.2) is 14.3 Å². The number of carbonyl (C=O) groups is 1. The van der Waals surface area contributed by atoms with Crippen molar-refractivity contribution in [2.75, 3.05) is 10.0 Å². The van der Waals surface area contributed by atoms with Crippen molar-refractivity contribution in [1.82, 2.24) is 0 Å². The van der Waals surface area contributed by atoms with Gasteiger partial charge in [0.2, 0.25) is 0 Å². The number of carbonyl (C=O) groups excluding carboxylic acids is 1. The zero-order chi connectivity index (χ0) is 20.3. The quantitative estimate of drug-likeness (QED) is 0.627. The first-order valence-corrected chi connectivity index (χ1v) is 9.75. The summed E-state index contributed by atoms with van der Waals surface area (Å²) in [6, 6.07) is 13.9. The number of nitrogens with one attached hydrogen (secondary N) is 2. The fraction of sp³-hybridized carbons (Fsp3) is 0. The van der Waals surface area contributed by atoms with Crippen LogP contribution in [0.2, 0.25) is 5.02 Å². The molecule has 0 heterocycles. The minimum Gasteiger partial charge on any atom is -0.319 e. The number of sulfonamides is 1. The molecule has 0 unspecified atom stereocenters. The van der Waals surface area contributed by atoms with Crippen LogP contribution in [-0.2, 0) is 10.0 Å². The van der Waals surface area contributed by atoms with Crippen LogP contribution in [0, 0.1) is 11.6 Å². The van der Waals surface area contributed by atoms with Crippen molar-refractivity contribution >= 4 is 38.9 Å². The zero-order valence-corrected chi connectivity index (χ0v) is 15.7. The van der Waals surface area contributed by atoms with Crippen LogP contribution in [0.1, 0.15) is 10.4 Å². The molecule has 0 atom stereocenters. The second kappa shape index (κ2) is 7.95. The van der Waals surface area contributed by atoms with E-state index in [1.165, 1.54) is 24.3 Å². The summed E-state index contributed by atoms with van der Waals surface area (Å²) in [6.07, 6.45) is 0. The molecule has 0 aliphatic rings. The topological polar surface area (TPSA) is 75.3 Å². The molecule has 0 saturated heterocycles. The Bertz CT molecular complexity index is 1150. The van der Waals surface area contributed by atoms with Gasteiger partial charge in [0.05, 0.1) is 16.3 Å². The number of amides is 1. The summed E-state index contributed by atoms with van der Waals surface area (Å²) in [5.41, 5.74) is 0.0183. The maximum atomic E-state index is 14.3. The lowest BCUT2D eigenvalue weighted by molar-refractivity contribution is 0.102. The first-order chi connectivity index (χ1) is 13.2. The Morgan fingerprint density at radius 2 is 1.68 bits per heavy atom. The van der Waals surface area contributed by atoms with E-state index in [1.54, 1.807) is 12.1 Å². The molecule has 0 saturated carbocycles. The molecule has 2 N–H and O–H groups in total. The van der Waals surface area contributed by atoms with Crippen molar-refractivity contribution in [2.24, 2.45) is 0 Å². The minimum absolute atomic E-state index is 0.00116. The molecule has 0 aliphatic heterocycles. The van der Waals surface area contributed by atoms with Gasteiger partial charge in [-0.3, -0.25) is 9.52 Å². The molecule has 144 valence electrons. The van der Waals surface area contributed by atoms with E-state index in [4.69, 9.17) is 11.6 Å². The SMILES string of the molecule is O=C(Nc1ccc(S(=O)(=O)Nc2cccc(F)c2)cc1F)c1cccc(Cl)c1. The molecule has 28 heavy (non-hydrogen) atoms. The van der Waals surface area contributed by atoms with Crippen molar-refractivity contribution in [2.45, 2.75) is 4.90 Å². The number of rotatable bonds is 5. The maximum absolute atomic E-state index is 14.3. The van der Waals surface area contributed by atoms with Gasteiger partial charge in [0.15, 0.2) is 0 Å². The fourth-order valence-electron chi connectivity index (χ4n) is 2.35. The van der Waals surface area contributed by atoms with Crippen LogP contribution in [0.3, 0.4) is 0 Å². The minimum atomic E-state index is -4.14. The van der Waals surface area contributed by atoms with Gasteiger partial charge in [-0.15, -0.1) is 0 Å². The predicted octanol–water partition coefficient (Wildman–Crippen LogP) is 4.67. The molecule has 0 spiro atoms. The Kier molecular flexibility index (Phi) is 5.62. The summed E-state index contributed by atoms with van der Waals surface area (Å²) in [7, 11) is -4.14. The van der Waals surface area contributed by atoms with Crippen molar-refractivity contribution in [3.63, 3.8) is 0 Å². The van der Waals surface area contributed by atoms with Crippen molar-refractivity contribution in [1.29, 1.82) is 0 Å². The van der Waals surface area contributed by atoms with Gasteiger partial charge in [-0.05, 0) is 54.6 Å². The van der Waals surface area contributed by atoms with Gasteiger partial charge in [0.25, 0.3) is 15.9 Å². The largest absolute Gasteiger partial charge is 0.319 e. The fourth-order valence-corrected chi connectivity index (χ4v) is 3.61. The van der Waals surface area contributed by atoms with E-state index in [0.29, 0.717) is 5.02 Å². The maximum Gasteiger partial charge on any atom is 0.261 e. The number of hydrogen-bond acceptors (Lipinski definition) is 3. The molecule has 0 bridgehead atoms. The van der Waals surface area contributed by atoms with Crippen molar-refractivity contribution < 1.29 is 22.0 Å². The van der Waals surface area contributed by atoms with Crippen LogP contribution in [0.15, 0.2) is 71.6 Å². The zero-order valence-electron chi connectivity index (χ0n) is 14.1. The van der Waals surface area contributed by atoms with E-state index >= 15 is 0 Å². The Morgan fingerprint density at radius 3 is 2.36 bits per heavy atom. The predicted molar refractivity (Wildman–Crippen MR) is 103 cm³/mol. The normalized spacial score (nSPS) is 11.1. The molecule has 5 nitrogen and oxygen atoms in total. The van der Waals surface area contributed by atoms with Crippen LogP contribution in [0.25, 0.3) is 0 Å². The first kappa shape index (κ1) is 19.8. The van der Waals surface area contributed by atoms with E-state index in [-0.39, 0.29) is 21.8 Å². The average molecular weight is 423 g/mol. The lowest BCUT2D eigenvalue weighted by Gasteiger charge is -2.11. The average Bonchev–Trinajstić information content (AvgIpc) is 2.63. The molecule has 3 aromatic carbocycles. The van der Waals surface area contributed by atoms with Crippen LogP contribution in [0.4, 0.5) is 20.2 Å². The first-order valence-electron chi connectivity index (χ1n) is 7.89. The number of anilines is 2. The summed E-state index contributed by atoms with van der Waals surface area (Å²) < 4.78 is 54.4. The van der Waals surface area contributed by atoms with E-state index in [0.717, 1.165) is 30.3 Å². The van der Waals surface area contributed by atoms with E-state index in [1.807, 2.05) is 0 Å². The van der Waals surface area contributed by atoms with E-state index in [2.05, 4.69) is 10.0 Å². The third-order valence-electron chi connectivity index (χ3n) is 3.66. The Labute approximate surface area is 165 Å². The molecule has 3 aromatic rings. The van der Waals surface area contributed by atoms with Gasteiger partial charge in [-0.2, -0.15) is 0 Å². The summed E-state index contributed by atoms with van der Waals surface area (Å²) >= 11 is 5.82. The summed E-state index contributed by atoms with van der Waals surface area (Å²) in [4.78, 5) is 11.8. The highest BCUT2D eigenvalue weighted by atomic mass is 35.5. The molecular formula is C19H13ClF2N2O3S. The van der Waals surface area contributed by atoms with Gasteiger partial charge in [0, 0.05) is 10.6 Å². The van der Waals surface area contributed by atoms with Gasteiger partial charge in [-0.1, -0.05) is 23.7 Å². The number of halogens is 3. The van der Waals surface area contributed by atoms with Crippen LogP contribution >= 0.6 is 11.6 Å². The Hall–Kier alpha value is -2.97. The highest BCUT2D eigenvalue weighted by Crippen LogP contribution is 2.22. The van der Waals surface area contributed by atoms with E-state index in [9.17, 15) is 22.0 Å². The van der Waals surface area contributed by atoms with E-state index < -0.39 is 27.6 Å². The third kappa shape index (κ3) is 4.65. The van der Waals surface area contributed by atoms with Gasteiger partial charge >= 0.3 is 0 Å². The molecule has 0 radical (unpaired) electrons. The lowest BCUT2D eigenvalue weighted by atomic mass is 10.2. The smallest absolute Gasteiger partial charge is 0.261 e. The number of hydrogen-bond donors (Lipinski definition) is 2. The molecule has 0 aromatic heterocycles. The second-order valence-corrected chi connectivity index (χ2v) is 7.84. The molecule has 1 amide bonds. The van der Waals surface area contributed by atoms with Gasteiger partial charge < -0.3 is 5.32 Å². The van der Waals surface area contributed by atoms with Crippen LogP contribution < -0.4 is 10.0 Å². The summed E-state index contributed by atoms with van der Waals surface area (Å²) in [5, 5.41) is 2.70. The monoisotopic (exact) mass is 422 g/mol. The molecular weight excluding hydrogens is 410 g/mol. The van der Waals surface area contributed by atoms with Crippen molar-refractivity contribution in [3.8, 4) is 0 Å². The standard InChI is InChI=1S/C19H13ClF2N2O3S/c20-13-4-1-3-12(9-13)19(25)23-18-8-7-16(11-17(18)22)28(26,27)24-15-6-2-5-14(21)10-15/h1-11,24H,(H,23,25). The number of benzene rings is 3. The molecule has 0 fully saturated rings. The molecule has 0 aliphatic carbocycles. The summed E-state index contributed by atoms with van der Waals surface area (Å²) in [5.74, 6) is -2.17. The molecule has 3 rings (SSSR count). The van der Waals surface area contributed by atoms with Gasteiger partial charge in [-0.25, -0.2) is 17.2 Å². The second-order valence-electron chi connectivity index (χ2n) is 5.72. The highest BCUT2D eigenvalue weighted by Gasteiger charge is 2.18. The molecule has 9 heteroatoms. The third-order valence-corrected chi connectivity index (χ3v) is 5.28. The summed E-state index contributed by atoms with van der Waals surface area (Å²) in [6.45, 7) is 0. The van der Waals surface area contributed by atoms with Gasteiger partial charge in [0.1, 0.15) is 11.6 Å². The Balaban J connectivity index is 1.80.